The zero-order chi connectivity index (χ0) is 10.6. The summed E-state index contributed by atoms with van der Waals surface area (Å²) >= 11 is 0. The van der Waals surface area contributed by atoms with Gasteiger partial charge in [-0.1, -0.05) is 0 Å². The summed E-state index contributed by atoms with van der Waals surface area (Å²) in [5.41, 5.74) is 0.229. The number of carbonyl (C=O) groups excluding carboxylic acids is 1. The van der Waals surface area contributed by atoms with E-state index in [2.05, 4.69) is 20.0 Å². The van der Waals surface area contributed by atoms with Crippen LogP contribution in [0.4, 0.5) is 10.2 Å². The second-order valence-electron chi connectivity index (χ2n) is 2.55. The Hall–Kier alpha value is -1.72. The molecule has 0 saturated heterocycles. The average Bonchev–Trinajstić information content (AvgIpc) is 2.20. The number of methoxy groups -OCH3 is 1. The van der Waals surface area contributed by atoms with E-state index >= 15 is 0 Å². The number of hydrogen-bond acceptors (Lipinski definition) is 5. The van der Waals surface area contributed by atoms with E-state index in [0.717, 1.165) is 0 Å². The molecule has 76 valence electrons. The quantitative estimate of drug-likeness (QED) is 0.718. The fourth-order valence-electron chi connectivity index (χ4n) is 0.809. The Labute approximate surface area is 80.3 Å². The van der Waals surface area contributed by atoms with E-state index in [1.54, 1.807) is 0 Å². The minimum absolute atomic E-state index is 0.00269. The second kappa shape index (κ2) is 4.50. The van der Waals surface area contributed by atoms with Crippen molar-refractivity contribution in [3.63, 3.8) is 0 Å². The number of aryl methyl sites for hydroxylation is 1. The van der Waals surface area contributed by atoms with Gasteiger partial charge in [0.1, 0.15) is 12.9 Å². The third kappa shape index (κ3) is 2.38. The average molecular weight is 199 g/mol. The van der Waals surface area contributed by atoms with Crippen LogP contribution in [0.1, 0.15) is 5.69 Å². The molecule has 1 aromatic rings. The summed E-state index contributed by atoms with van der Waals surface area (Å²) in [4.78, 5) is 18.0. The van der Waals surface area contributed by atoms with Gasteiger partial charge in [0, 0.05) is 0 Å². The number of rotatable bonds is 3. The van der Waals surface area contributed by atoms with Crippen molar-refractivity contribution < 1.29 is 13.9 Å². The summed E-state index contributed by atoms with van der Waals surface area (Å²) in [5.74, 6) is -1.04. The summed E-state index contributed by atoms with van der Waals surface area (Å²) in [6.45, 7) is 1.39. The zero-order valence-corrected chi connectivity index (χ0v) is 7.87. The molecule has 14 heavy (non-hydrogen) atoms. The molecular weight excluding hydrogens is 189 g/mol. The number of carbonyl (C=O) groups is 1. The SMILES string of the molecule is COC(=O)CNc1ncnc(C)c1F. The topological polar surface area (TPSA) is 64.1 Å². The van der Waals surface area contributed by atoms with Crippen molar-refractivity contribution in [3.8, 4) is 0 Å². The van der Waals surface area contributed by atoms with Crippen molar-refractivity contribution in [2.24, 2.45) is 0 Å². The molecule has 5 nitrogen and oxygen atoms in total. The smallest absolute Gasteiger partial charge is 0.325 e. The molecule has 1 aromatic heterocycles. The summed E-state index contributed by atoms with van der Waals surface area (Å²) in [6.07, 6.45) is 1.22. The highest BCUT2D eigenvalue weighted by Crippen LogP contribution is 2.10. The Morgan fingerprint density at radius 2 is 2.36 bits per heavy atom. The Morgan fingerprint density at radius 1 is 1.64 bits per heavy atom. The van der Waals surface area contributed by atoms with Crippen LogP contribution in [0.15, 0.2) is 6.33 Å². The lowest BCUT2D eigenvalue weighted by atomic mass is 10.4. The zero-order valence-electron chi connectivity index (χ0n) is 7.87. The first-order chi connectivity index (χ1) is 6.65. The summed E-state index contributed by atoms with van der Waals surface area (Å²) < 4.78 is 17.6. The van der Waals surface area contributed by atoms with E-state index < -0.39 is 11.8 Å². The highest BCUT2D eigenvalue weighted by molar-refractivity contribution is 5.74. The van der Waals surface area contributed by atoms with Gasteiger partial charge in [-0.15, -0.1) is 0 Å². The molecule has 0 aliphatic rings. The molecule has 0 radical (unpaired) electrons. The van der Waals surface area contributed by atoms with Crippen LogP contribution >= 0.6 is 0 Å². The number of esters is 1. The number of nitrogens with zero attached hydrogens (tertiary/aromatic N) is 2. The van der Waals surface area contributed by atoms with E-state index in [0.29, 0.717) is 0 Å². The fourth-order valence-corrected chi connectivity index (χ4v) is 0.809. The molecule has 0 amide bonds. The van der Waals surface area contributed by atoms with Gasteiger partial charge in [-0.25, -0.2) is 14.4 Å². The van der Waals surface area contributed by atoms with Crippen LogP contribution in [0.2, 0.25) is 0 Å². The van der Waals surface area contributed by atoms with Crippen molar-refractivity contribution in [2.45, 2.75) is 6.92 Å². The predicted octanol–water partition coefficient (Wildman–Crippen LogP) is 0.509. The first-order valence-corrected chi connectivity index (χ1v) is 3.93. The third-order valence-electron chi connectivity index (χ3n) is 1.59. The van der Waals surface area contributed by atoms with Crippen molar-refractivity contribution in [1.82, 2.24) is 9.97 Å². The minimum atomic E-state index is -0.559. The molecule has 1 rings (SSSR count). The molecule has 0 aliphatic carbocycles. The molecule has 1 N–H and O–H groups in total. The van der Waals surface area contributed by atoms with Crippen LogP contribution in [0.25, 0.3) is 0 Å². The van der Waals surface area contributed by atoms with Gasteiger partial charge >= 0.3 is 5.97 Å². The van der Waals surface area contributed by atoms with Crippen LogP contribution in [-0.2, 0) is 9.53 Å². The van der Waals surface area contributed by atoms with Gasteiger partial charge in [-0.2, -0.15) is 0 Å². The van der Waals surface area contributed by atoms with Gasteiger partial charge < -0.3 is 10.1 Å². The molecule has 0 spiro atoms. The van der Waals surface area contributed by atoms with Crippen molar-refractivity contribution in [3.05, 3.63) is 17.8 Å². The molecule has 0 fully saturated rings. The maximum Gasteiger partial charge on any atom is 0.325 e. The van der Waals surface area contributed by atoms with Crippen molar-refractivity contribution in [2.75, 3.05) is 19.0 Å². The summed E-state index contributed by atoms with van der Waals surface area (Å²) in [5, 5.41) is 2.50. The Bertz CT molecular complexity index is 343. The normalized spacial score (nSPS) is 9.64. The lowest BCUT2D eigenvalue weighted by molar-refractivity contribution is -0.138. The van der Waals surface area contributed by atoms with Crippen molar-refractivity contribution >= 4 is 11.8 Å². The Morgan fingerprint density at radius 3 is 3.00 bits per heavy atom. The maximum atomic E-state index is 13.2. The third-order valence-corrected chi connectivity index (χ3v) is 1.59. The number of nitrogens with one attached hydrogen (secondary N) is 1. The number of halogens is 1. The van der Waals surface area contributed by atoms with E-state index in [1.165, 1.54) is 20.4 Å². The molecule has 6 heteroatoms. The number of anilines is 1. The molecule has 1 heterocycles. The molecule has 0 saturated carbocycles. The lowest BCUT2D eigenvalue weighted by Crippen LogP contribution is -2.17. The molecule has 0 atom stereocenters. The molecule has 0 aromatic carbocycles. The second-order valence-corrected chi connectivity index (χ2v) is 2.55. The van der Waals surface area contributed by atoms with Crippen LogP contribution in [0.3, 0.4) is 0 Å². The predicted molar refractivity (Wildman–Crippen MR) is 47.2 cm³/mol. The first kappa shape index (κ1) is 10.4. The van der Waals surface area contributed by atoms with E-state index in [9.17, 15) is 9.18 Å². The van der Waals surface area contributed by atoms with Crippen molar-refractivity contribution in [1.29, 1.82) is 0 Å². The van der Waals surface area contributed by atoms with Gasteiger partial charge in [0.25, 0.3) is 0 Å². The molecule has 0 aliphatic heterocycles. The van der Waals surface area contributed by atoms with E-state index in [4.69, 9.17) is 0 Å². The van der Waals surface area contributed by atoms with Gasteiger partial charge in [0.05, 0.1) is 12.8 Å². The molecular formula is C8H10FN3O2. The van der Waals surface area contributed by atoms with Crippen LogP contribution in [0, 0.1) is 12.7 Å². The monoisotopic (exact) mass is 199 g/mol. The maximum absolute atomic E-state index is 13.2. The van der Waals surface area contributed by atoms with Gasteiger partial charge in [0.15, 0.2) is 11.6 Å². The highest BCUT2D eigenvalue weighted by Gasteiger charge is 2.08. The lowest BCUT2D eigenvalue weighted by Gasteiger charge is -2.05. The fraction of sp³-hybridized carbons (Fsp3) is 0.375. The Kier molecular flexibility index (Phi) is 3.33. The number of ether oxygens (including phenoxy) is 1. The number of aromatic nitrogens is 2. The van der Waals surface area contributed by atoms with Crippen LogP contribution < -0.4 is 5.32 Å². The highest BCUT2D eigenvalue weighted by atomic mass is 19.1. The molecule has 0 unspecified atom stereocenters. The largest absolute Gasteiger partial charge is 0.468 e. The number of hydrogen-bond donors (Lipinski definition) is 1. The van der Waals surface area contributed by atoms with E-state index in [1.807, 2.05) is 0 Å². The summed E-state index contributed by atoms with van der Waals surface area (Å²) in [6, 6.07) is 0. The van der Waals surface area contributed by atoms with Gasteiger partial charge in [-0.05, 0) is 6.92 Å². The van der Waals surface area contributed by atoms with Gasteiger partial charge in [0.2, 0.25) is 0 Å². The standard InChI is InChI=1S/C8H10FN3O2/c1-5-7(9)8(12-4-11-5)10-3-6(13)14-2/h4H,3H2,1-2H3,(H,10,11,12). The first-order valence-electron chi connectivity index (χ1n) is 3.93. The minimum Gasteiger partial charge on any atom is -0.468 e. The van der Waals surface area contributed by atoms with Gasteiger partial charge in [-0.3, -0.25) is 4.79 Å². The summed E-state index contributed by atoms with van der Waals surface area (Å²) in [7, 11) is 1.26. The van der Waals surface area contributed by atoms with E-state index in [-0.39, 0.29) is 18.1 Å². The Balaban J connectivity index is 2.68. The van der Waals surface area contributed by atoms with Crippen LogP contribution in [0.5, 0.6) is 0 Å². The molecule has 0 bridgehead atoms. The van der Waals surface area contributed by atoms with Crippen LogP contribution in [-0.4, -0.2) is 29.6 Å².